The number of halogens is 1. The second-order valence-corrected chi connectivity index (χ2v) is 4.54. The van der Waals surface area contributed by atoms with Crippen LogP contribution in [0.1, 0.15) is 19.1 Å². The van der Waals surface area contributed by atoms with Gasteiger partial charge in [0.25, 0.3) is 0 Å². The number of anilines is 1. The van der Waals surface area contributed by atoms with E-state index in [0.717, 1.165) is 34.2 Å². The van der Waals surface area contributed by atoms with Gasteiger partial charge in [0, 0.05) is 10.9 Å². The largest absolute Gasteiger partial charge is 0.380 e. The van der Waals surface area contributed by atoms with Crippen molar-refractivity contribution in [3.8, 4) is 11.1 Å². The molecule has 1 aromatic carbocycles. The lowest BCUT2D eigenvalue weighted by Gasteiger charge is -2.02. The molecule has 0 aliphatic rings. The molecule has 2 rings (SSSR count). The summed E-state index contributed by atoms with van der Waals surface area (Å²) in [6.07, 6.45) is 1.86. The fourth-order valence-electron chi connectivity index (χ4n) is 1.69. The lowest BCUT2D eigenvalue weighted by molar-refractivity contribution is 0.385. The quantitative estimate of drug-likeness (QED) is 0.934. The molecule has 3 nitrogen and oxygen atoms in total. The predicted octanol–water partition coefficient (Wildman–Crippen LogP) is 3.64. The monoisotopic (exact) mass is 280 g/mol. The smallest absolute Gasteiger partial charge is 0.175 e. The first kappa shape index (κ1) is 11.2. The maximum absolute atomic E-state index is 5.83. The average molecular weight is 281 g/mol. The van der Waals surface area contributed by atoms with Gasteiger partial charge in [-0.25, -0.2) is 0 Å². The van der Waals surface area contributed by atoms with Gasteiger partial charge in [0.2, 0.25) is 0 Å². The lowest BCUT2D eigenvalue weighted by atomic mass is 10.0. The molecular formula is C12H13BrN2O. The zero-order chi connectivity index (χ0) is 11.5. The van der Waals surface area contributed by atoms with Crippen LogP contribution >= 0.6 is 15.9 Å². The minimum atomic E-state index is 0.460. The van der Waals surface area contributed by atoms with Crippen molar-refractivity contribution in [2.24, 2.45) is 0 Å². The van der Waals surface area contributed by atoms with Crippen LogP contribution in [0.15, 0.2) is 33.3 Å². The van der Waals surface area contributed by atoms with Gasteiger partial charge in [0.05, 0.1) is 5.56 Å². The summed E-state index contributed by atoms with van der Waals surface area (Å²) in [5, 5.41) is 3.83. The van der Waals surface area contributed by atoms with Gasteiger partial charge in [0.15, 0.2) is 5.82 Å². The van der Waals surface area contributed by atoms with Crippen molar-refractivity contribution >= 4 is 21.7 Å². The summed E-state index contributed by atoms with van der Waals surface area (Å²) in [7, 11) is 0. The number of nitrogens with two attached hydrogens (primary N) is 1. The predicted molar refractivity (Wildman–Crippen MR) is 68.0 cm³/mol. The molecule has 0 saturated heterocycles. The Kier molecular flexibility index (Phi) is 3.29. The van der Waals surface area contributed by atoms with E-state index in [9.17, 15) is 0 Å². The number of nitrogen functional groups attached to an aromatic ring is 1. The number of aromatic nitrogens is 1. The first-order chi connectivity index (χ1) is 7.72. The Balaban J connectivity index is 2.50. The summed E-state index contributed by atoms with van der Waals surface area (Å²) < 4.78 is 6.26. The number of nitrogens with zero attached hydrogens (tertiary/aromatic N) is 1. The average Bonchev–Trinajstić information content (AvgIpc) is 2.60. The van der Waals surface area contributed by atoms with Gasteiger partial charge in [-0.2, -0.15) is 0 Å². The Morgan fingerprint density at radius 3 is 2.94 bits per heavy atom. The van der Waals surface area contributed by atoms with Crippen LogP contribution in [0.2, 0.25) is 0 Å². The Bertz CT molecular complexity index is 494. The van der Waals surface area contributed by atoms with E-state index in [1.165, 1.54) is 0 Å². The Morgan fingerprint density at radius 1 is 1.44 bits per heavy atom. The van der Waals surface area contributed by atoms with Gasteiger partial charge in [-0.1, -0.05) is 40.1 Å². The van der Waals surface area contributed by atoms with Crippen molar-refractivity contribution in [3.63, 3.8) is 0 Å². The summed E-state index contributed by atoms with van der Waals surface area (Å²) in [6.45, 7) is 2.10. The first-order valence-corrected chi connectivity index (χ1v) is 6.01. The van der Waals surface area contributed by atoms with Crippen LogP contribution < -0.4 is 5.73 Å². The highest BCUT2D eigenvalue weighted by Crippen LogP contribution is 2.31. The van der Waals surface area contributed by atoms with Crippen LogP contribution in [0.3, 0.4) is 0 Å². The van der Waals surface area contributed by atoms with Gasteiger partial charge in [-0.05, 0) is 24.1 Å². The SMILES string of the molecule is CCCc1onc(N)c1-c1cccc(Br)c1. The second-order valence-electron chi connectivity index (χ2n) is 3.63. The zero-order valence-electron chi connectivity index (χ0n) is 9.03. The van der Waals surface area contributed by atoms with E-state index in [4.69, 9.17) is 10.3 Å². The summed E-state index contributed by atoms with van der Waals surface area (Å²) in [6, 6.07) is 7.98. The molecule has 0 aliphatic heterocycles. The highest BCUT2D eigenvalue weighted by molar-refractivity contribution is 9.10. The summed E-state index contributed by atoms with van der Waals surface area (Å²) in [5.74, 6) is 1.32. The van der Waals surface area contributed by atoms with Gasteiger partial charge in [-0.3, -0.25) is 0 Å². The summed E-state index contributed by atoms with van der Waals surface area (Å²) in [4.78, 5) is 0. The molecule has 0 radical (unpaired) electrons. The normalized spacial score (nSPS) is 10.6. The molecule has 2 N–H and O–H groups in total. The third-order valence-electron chi connectivity index (χ3n) is 2.38. The lowest BCUT2D eigenvalue weighted by Crippen LogP contribution is -1.90. The topological polar surface area (TPSA) is 52.0 Å². The molecule has 2 aromatic rings. The zero-order valence-corrected chi connectivity index (χ0v) is 10.6. The molecule has 4 heteroatoms. The number of hydrogen-bond donors (Lipinski definition) is 1. The highest BCUT2D eigenvalue weighted by atomic mass is 79.9. The van der Waals surface area contributed by atoms with E-state index < -0.39 is 0 Å². The fourth-order valence-corrected chi connectivity index (χ4v) is 2.09. The minimum Gasteiger partial charge on any atom is -0.380 e. The molecule has 84 valence electrons. The number of benzene rings is 1. The van der Waals surface area contributed by atoms with Crippen LogP contribution in [0, 0.1) is 0 Å². The Hall–Kier alpha value is -1.29. The van der Waals surface area contributed by atoms with Crippen LogP contribution in [-0.2, 0) is 6.42 Å². The number of rotatable bonds is 3. The number of aryl methyl sites for hydroxylation is 1. The molecule has 0 unspecified atom stereocenters. The molecule has 0 aliphatic carbocycles. The first-order valence-electron chi connectivity index (χ1n) is 5.22. The van der Waals surface area contributed by atoms with Crippen LogP contribution in [0.25, 0.3) is 11.1 Å². The van der Waals surface area contributed by atoms with Gasteiger partial charge in [-0.15, -0.1) is 0 Å². The van der Waals surface area contributed by atoms with Crippen molar-refractivity contribution in [2.45, 2.75) is 19.8 Å². The van der Waals surface area contributed by atoms with E-state index in [2.05, 4.69) is 28.0 Å². The third kappa shape index (κ3) is 2.11. The molecule has 0 fully saturated rings. The van der Waals surface area contributed by atoms with E-state index >= 15 is 0 Å². The maximum Gasteiger partial charge on any atom is 0.175 e. The van der Waals surface area contributed by atoms with Crippen LogP contribution in [0.4, 0.5) is 5.82 Å². The van der Waals surface area contributed by atoms with Crippen molar-refractivity contribution in [1.29, 1.82) is 0 Å². The van der Waals surface area contributed by atoms with E-state index in [1.54, 1.807) is 0 Å². The van der Waals surface area contributed by atoms with Crippen LogP contribution in [0.5, 0.6) is 0 Å². The molecule has 16 heavy (non-hydrogen) atoms. The van der Waals surface area contributed by atoms with Crippen molar-refractivity contribution in [3.05, 3.63) is 34.5 Å². The molecule has 0 saturated carbocycles. The molecule has 0 bridgehead atoms. The van der Waals surface area contributed by atoms with Crippen molar-refractivity contribution < 1.29 is 4.52 Å². The van der Waals surface area contributed by atoms with E-state index in [1.807, 2.05) is 24.3 Å². The van der Waals surface area contributed by atoms with Gasteiger partial charge < -0.3 is 10.3 Å². The Labute approximate surface area is 103 Å². The molecule has 1 aromatic heterocycles. The molecule has 0 spiro atoms. The van der Waals surface area contributed by atoms with Crippen molar-refractivity contribution in [1.82, 2.24) is 5.16 Å². The van der Waals surface area contributed by atoms with Gasteiger partial charge in [0.1, 0.15) is 5.76 Å². The molecular weight excluding hydrogens is 268 g/mol. The van der Waals surface area contributed by atoms with E-state index in [-0.39, 0.29) is 0 Å². The highest BCUT2D eigenvalue weighted by Gasteiger charge is 2.14. The Morgan fingerprint density at radius 2 is 2.25 bits per heavy atom. The standard InChI is InChI=1S/C12H13BrN2O/c1-2-4-10-11(12(14)15-16-10)8-5-3-6-9(13)7-8/h3,5-7H,2,4H2,1H3,(H2,14,15). The summed E-state index contributed by atoms with van der Waals surface area (Å²) in [5.41, 5.74) is 7.79. The van der Waals surface area contributed by atoms with Crippen LogP contribution in [-0.4, -0.2) is 5.16 Å². The number of hydrogen-bond acceptors (Lipinski definition) is 3. The fraction of sp³-hybridized carbons (Fsp3) is 0.250. The molecule has 0 atom stereocenters. The van der Waals surface area contributed by atoms with Crippen molar-refractivity contribution in [2.75, 3.05) is 5.73 Å². The maximum atomic E-state index is 5.83. The van der Waals surface area contributed by atoms with Gasteiger partial charge >= 0.3 is 0 Å². The minimum absolute atomic E-state index is 0.460. The summed E-state index contributed by atoms with van der Waals surface area (Å²) >= 11 is 3.44. The third-order valence-corrected chi connectivity index (χ3v) is 2.87. The molecule has 0 amide bonds. The second kappa shape index (κ2) is 4.70. The van der Waals surface area contributed by atoms with E-state index in [0.29, 0.717) is 5.82 Å². The molecule has 1 heterocycles.